The van der Waals surface area contributed by atoms with E-state index in [0.717, 1.165) is 0 Å². The molecule has 102 valence electrons. The molecule has 0 aliphatic heterocycles. The van der Waals surface area contributed by atoms with E-state index in [-0.39, 0.29) is 11.7 Å². The van der Waals surface area contributed by atoms with Gasteiger partial charge in [0, 0.05) is 18.3 Å². The highest BCUT2D eigenvalue weighted by Crippen LogP contribution is 2.31. The second-order valence-corrected chi connectivity index (χ2v) is 4.39. The van der Waals surface area contributed by atoms with Gasteiger partial charge in [0.25, 0.3) is 0 Å². The second-order valence-electron chi connectivity index (χ2n) is 4.39. The Morgan fingerprint density at radius 1 is 1.56 bits per heavy atom. The molecule has 0 bridgehead atoms. The van der Waals surface area contributed by atoms with Crippen LogP contribution in [0.4, 0.5) is 13.2 Å². The van der Waals surface area contributed by atoms with Crippen molar-refractivity contribution in [3.05, 3.63) is 17.7 Å². The van der Waals surface area contributed by atoms with Crippen LogP contribution in [0.25, 0.3) is 0 Å². The number of carbonyl (C=O) groups is 1. The van der Waals surface area contributed by atoms with Gasteiger partial charge in [-0.1, -0.05) is 13.8 Å². The van der Waals surface area contributed by atoms with Gasteiger partial charge in [-0.25, -0.2) is 9.78 Å². The number of carboxylic acid groups (broad SMARTS) is 1. The minimum absolute atomic E-state index is 0.0501. The first-order valence-corrected chi connectivity index (χ1v) is 5.20. The van der Waals surface area contributed by atoms with Crippen LogP contribution in [0.15, 0.2) is 6.20 Å². The highest BCUT2D eigenvalue weighted by molar-refractivity contribution is 5.80. The third-order valence-corrected chi connectivity index (χ3v) is 2.60. The van der Waals surface area contributed by atoms with E-state index in [1.165, 1.54) is 6.20 Å². The molecule has 0 saturated heterocycles. The Labute approximate surface area is 101 Å². The van der Waals surface area contributed by atoms with Gasteiger partial charge in [-0.3, -0.25) is 0 Å². The molecule has 1 aromatic heterocycles. The van der Waals surface area contributed by atoms with Crippen LogP contribution < -0.4 is 5.73 Å². The summed E-state index contributed by atoms with van der Waals surface area (Å²) >= 11 is 0. The minimum Gasteiger partial charge on any atom is -0.480 e. The van der Waals surface area contributed by atoms with Gasteiger partial charge >= 0.3 is 12.1 Å². The number of hydrogen-bond acceptors (Lipinski definition) is 3. The fourth-order valence-electron chi connectivity index (χ4n) is 1.32. The molecule has 0 fully saturated rings. The van der Waals surface area contributed by atoms with Crippen LogP contribution in [-0.4, -0.2) is 32.8 Å². The Kier molecular flexibility index (Phi) is 3.70. The van der Waals surface area contributed by atoms with Gasteiger partial charge in [0.1, 0.15) is 5.82 Å². The molecule has 0 aliphatic rings. The number of H-pyrrole nitrogens is 1. The average molecular weight is 265 g/mol. The number of halogens is 3. The van der Waals surface area contributed by atoms with Gasteiger partial charge in [0.2, 0.25) is 5.54 Å². The molecule has 5 nitrogen and oxygen atoms in total. The van der Waals surface area contributed by atoms with Crippen molar-refractivity contribution in [3.8, 4) is 0 Å². The van der Waals surface area contributed by atoms with Gasteiger partial charge in [-0.15, -0.1) is 0 Å². The number of rotatable bonds is 4. The standard InChI is InChI=1S/C10H14F3N3O2/c1-5(2)6-4-15-7(16-6)3-9(14,8(17)18)10(11,12)13/h4-5H,3,14H2,1-2H3,(H,15,16)(H,17,18). The molecule has 8 heteroatoms. The predicted molar refractivity (Wildman–Crippen MR) is 57.0 cm³/mol. The molecule has 0 amide bonds. The number of nitrogens with one attached hydrogen (secondary N) is 1. The fraction of sp³-hybridized carbons (Fsp3) is 0.600. The van der Waals surface area contributed by atoms with E-state index in [0.29, 0.717) is 5.69 Å². The Morgan fingerprint density at radius 3 is 2.44 bits per heavy atom. The van der Waals surface area contributed by atoms with E-state index >= 15 is 0 Å². The lowest BCUT2D eigenvalue weighted by atomic mass is 9.95. The number of nitrogens with two attached hydrogens (primary N) is 1. The molecule has 1 heterocycles. The van der Waals surface area contributed by atoms with Crippen molar-refractivity contribution >= 4 is 5.97 Å². The smallest absolute Gasteiger partial charge is 0.417 e. The van der Waals surface area contributed by atoms with Crippen LogP contribution >= 0.6 is 0 Å². The van der Waals surface area contributed by atoms with Crippen LogP contribution in [0.2, 0.25) is 0 Å². The number of alkyl halides is 3. The highest BCUT2D eigenvalue weighted by atomic mass is 19.4. The zero-order valence-electron chi connectivity index (χ0n) is 9.88. The minimum atomic E-state index is -5.05. The van der Waals surface area contributed by atoms with E-state index < -0.39 is 24.1 Å². The number of aromatic amines is 1. The summed E-state index contributed by atoms with van der Waals surface area (Å²) < 4.78 is 38.0. The lowest BCUT2D eigenvalue weighted by Crippen LogP contribution is -2.61. The number of imidazole rings is 1. The monoisotopic (exact) mass is 265 g/mol. The summed E-state index contributed by atoms with van der Waals surface area (Å²) in [6, 6.07) is 0. The zero-order valence-corrected chi connectivity index (χ0v) is 9.88. The summed E-state index contributed by atoms with van der Waals surface area (Å²) in [5.74, 6) is -2.17. The summed E-state index contributed by atoms with van der Waals surface area (Å²) in [5, 5.41) is 8.66. The number of nitrogens with zero attached hydrogens (tertiary/aromatic N) is 1. The molecule has 1 atom stereocenters. The van der Waals surface area contributed by atoms with Gasteiger partial charge in [0.05, 0.1) is 0 Å². The average Bonchev–Trinajstić information content (AvgIpc) is 2.63. The van der Waals surface area contributed by atoms with Crippen LogP contribution in [0.1, 0.15) is 31.3 Å². The maximum atomic E-state index is 12.7. The van der Waals surface area contributed by atoms with Crippen LogP contribution in [-0.2, 0) is 11.2 Å². The summed E-state index contributed by atoms with van der Waals surface area (Å²) in [4.78, 5) is 17.1. The van der Waals surface area contributed by atoms with Crippen molar-refractivity contribution in [2.45, 2.75) is 37.9 Å². The first-order valence-electron chi connectivity index (χ1n) is 5.20. The molecular weight excluding hydrogens is 251 g/mol. The second kappa shape index (κ2) is 4.60. The number of aromatic nitrogens is 2. The Morgan fingerprint density at radius 2 is 2.11 bits per heavy atom. The third-order valence-electron chi connectivity index (χ3n) is 2.60. The summed E-state index contributed by atoms with van der Waals surface area (Å²) in [5.41, 5.74) is 2.24. The normalized spacial score (nSPS) is 15.7. The highest BCUT2D eigenvalue weighted by Gasteiger charge is 2.58. The van der Waals surface area contributed by atoms with E-state index in [1.54, 1.807) is 0 Å². The van der Waals surface area contributed by atoms with Crippen LogP contribution in [0.5, 0.6) is 0 Å². The molecule has 0 radical (unpaired) electrons. The quantitative estimate of drug-likeness (QED) is 0.767. The van der Waals surface area contributed by atoms with Crippen molar-refractivity contribution in [2.24, 2.45) is 5.73 Å². The van der Waals surface area contributed by atoms with E-state index in [1.807, 2.05) is 13.8 Å². The molecule has 0 saturated carbocycles. The zero-order chi connectivity index (χ0) is 14.1. The van der Waals surface area contributed by atoms with Gasteiger partial charge in [-0.2, -0.15) is 13.2 Å². The number of carboxylic acids is 1. The first-order chi connectivity index (χ1) is 8.08. The molecule has 4 N–H and O–H groups in total. The molecule has 1 unspecified atom stereocenters. The molecule has 1 aromatic rings. The van der Waals surface area contributed by atoms with Crippen molar-refractivity contribution in [1.82, 2.24) is 9.97 Å². The number of hydrogen-bond donors (Lipinski definition) is 3. The molecule has 1 rings (SSSR count). The molecular formula is C10H14F3N3O2. The largest absolute Gasteiger partial charge is 0.480 e. The Bertz CT molecular complexity index is 442. The molecule has 0 aliphatic carbocycles. The Hall–Kier alpha value is -1.57. The van der Waals surface area contributed by atoms with Crippen molar-refractivity contribution in [2.75, 3.05) is 0 Å². The summed E-state index contributed by atoms with van der Waals surface area (Å²) in [6.07, 6.45) is -4.61. The van der Waals surface area contributed by atoms with Gasteiger partial charge in [-0.05, 0) is 5.92 Å². The lowest BCUT2D eigenvalue weighted by Gasteiger charge is -2.26. The predicted octanol–water partition coefficient (Wildman–Crippen LogP) is 1.42. The van der Waals surface area contributed by atoms with E-state index in [4.69, 9.17) is 10.8 Å². The van der Waals surface area contributed by atoms with Crippen molar-refractivity contribution in [1.29, 1.82) is 0 Å². The summed E-state index contributed by atoms with van der Waals surface area (Å²) in [6.45, 7) is 3.65. The maximum absolute atomic E-state index is 12.7. The molecule has 0 spiro atoms. The van der Waals surface area contributed by atoms with E-state index in [9.17, 15) is 18.0 Å². The molecule has 18 heavy (non-hydrogen) atoms. The first kappa shape index (κ1) is 14.5. The fourth-order valence-corrected chi connectivity index (χ4v) is 1.32. The number of aliphatic carboxylic acids is 1. The van der Waals surface area contributed by atoms with Gasteiger partial charge < -0.3 is 15.8 Å². The van der Waals surface area contributed by atoms with Crippen LogP contribution in [0.3, 0.4) is 0 Å². The van der Waals surface area contributed by atoms with Gasteiger partial charge in [0.15, 0.2) is 0 Å². The van der Waals surface area contributed by atoms with Crippen molar-refractivity contribution in [3.63, 3.8) is 0 Å². The topological polar surface area (TPSA) is 92.0 Å². The Balaban J connectivity index is 3.01. The van der Waals surface area contributed by atoms with E-state index in [2.05, 4.69) is 9.97 Å². The SMILES string of the molecule is CC(C)c1cnc(CC(N)(C(=O)O)C(F)(F)F)[nH]1. The third kappa shape index (κ3) is 2.63. The summed E-state index contributed by atoms with van der Waals surface area (Å²) in [7, 11) is 0. The van der Waals surface area contributed by atoms with Crippen molar-refractivity contribution < 1.29 is 23.1 Å². The maximum Gasteiger partial charge on any atom is 0.417 e. The molecule has 0 aromatic carbocycles. The lowest BCUT2D eigenvalue weighted by molar-refractivity contribution is -0.202. The van der Waals surface area contributed by atoms with Crippen LogP contribution in [0, 0.1) is 0 Å².